The predicted octanol–water partition coefficient (Wildman–Crippen LogP) is 1.48. The summed E-state index contributed by atoms with van der Waals surface area (Å²) in [5, 5.41) is 15.4. The molecule has 0 saturated heterocycles. The molecule has 4 nitrogen and oxygen atoms in total. The van der Waals surface area contributed by atoms with E-state index in [1.165, 1.54) is 0 Å². The Morgan fingerprint density at radius 3 is 2.86 bits per heavy atom. The maximum absolute atomic E-state index is 11.5. The monoisotopic (exact) mass is 194 g/mol. The maximum Gasteiger partial charge on any atom is 0.225 e. The quantitative estimate of drug-likeness (QED) is 0.588. The van der Waals surface area contributed by atoms with Gasteiger partial charge in [0, 0.05) is 16.5 Å². The van der Waals surface area contributed by atoms with Gasteiger partial charge in [-0.3, -0.25) is 4.63 Å². The van der Waals surface area contributed by atoms with Gasteiger partial charge in [-0.1, -0.05) is 20.8 Å². The first-order valence-corrected chi connectivity index (χ1v) is 5.08. The van der Waals surface area contributed by atoms with Crippen molar-refractivity contribution in [2.75, 3.05) is 0 Å². The minimum absolute atomic E-state index is 0.0469. The van der Waals surface area contributed by atoms with E-state index in [9.17, 15) is 5.21 Å². The number of aromatic nitrogens is 2. The van der Waals surface area contributed by atoms with Crippen molar-refractivity contribution in [1.29, 1.82) is 0 Å². The highest BCUT2D eigenvalue weighted by molar-refractivity contribution is 5.37. The van der Waals surface area contributed by atoms with Crippen molar-refractivity contribution < 1.29 is 9.53 Å². The van der Waals surface area contributed by atoms with E-state index >= 15 is 0 Å². The Kier molecular flexibility index (Phi) is 1.16. The molecule has 0 unspecified atom stereocenters. The van der Waals surface area contributed by atoms with Gasteiger partial charge in [0.1, 0.15) is 0 Å². The molecule has 4 heteroatoms. The first-order chi connectivity index (χ1) is 6.48. The molecular formula is C10H14N2O2. The van der Waals surface area contributed by atoms with Gasteiger partial charge in [0.15, 0.2) is 0 Å². The average Bonchev–Trinajstić information content (AvgIpc) is 2.62. The van der Waals surface area contributed by atoms with Crippen LogP contribution in [0.5, 0.6) is 0 Å². The minimum atomic E-state index is -0.0469. The van der Waals surface area contributed by atoms with Crippen LogP contribution in [0.25, 0.3) is 0 Å². The largest absolute Gasteiger partial charge is 0.359 e. The van der Waals surface area contributed by atoms with E-state index in [-0.39, 0.29) is 10.8 Å². The van der Waals surface area contributed by atoms with Crippen molar-refractivity contribution in [2.24, 2.45) is 5.41 Å². The molecule has 1 fully saturated rings. The highest BCUT2D eigenvalue weighted by atomic mass is 16.8. The van der Waals surface area contributed by atoms with E-state index in [0.717, 1.165) is 24.2 Å². The van der Waals surface area contributed by atoms with Gasteiger partial charge in [-0.25, -0.2) is 0 Å². The van der Waals surface area contributed by atoms with Crippen LogP contribution in [-0.2, 0) is 5.41 Å². The lowest BCUT2D eigenvalue weighted by Gasteiger charge is -2.32. The number of fused-ring (bicyclic) bond motifs is 5. The lowest BCUT2D eigenvalue weighted by Crippen LogP contribution is -2.41. The average molecular weight is 194 g/mol. The first kappa shape index (κ1) is 8.26. The van der Waals surface area contributed by atoms with Crippen molar-refractivity contribution in [1.82, 2.24) is 5.16 Å². The molecule has 1 aromatic heterocycles. The van der Waals surface area contributed by atoms with Gasteiger partial charge in [-0.2, -0.15) is 0 Å². The Morgan fingerprint density at radius 1 is 1.50 bits per heavy atom. The standard InChI is InChI=1S/C10H14N2O2/c1-9(2)6-4-5-10(9,3)8-7(6)11-14-12(8)13/h6H,4-5H2,1-3H3/t6-,10+/m0/s1. The number of hydrogen-bond acceptors (Lipinski definition) is 3. The molecule has 2 atom stereocenters. The van der Waals surface area contributed by atoms with Gasteiger partial charge in [-0.05, 0) is 23.2 Å². The fraction of sp³-hybridized carbons (Fsp3) is 0.800. The zero-order valence-electron chi connectivity index (χ0n) is 8.70. The van der Waals surface area contributed by atoms with Crippen LogP contribution in [0.4, 0.5) is 0 Å². The second-order valence-electron chi connectivity index (χ2n) is 5.31. The summed E-state index contributed by atoms with van der Waals surface area (Å²) in [7, 11) is 0. The summed E-state index contributed by atoms with van der Waals surface area (Å²) in [5.41, 5.74) is 1.78. The maximum atomic E-state index is 11.5. The Labute approximate surface area is 82.4 Å². The topological polar surface area (TPSA) is 53.0 Å². The van der Waals surface area contributed by atoms with E-state index in [0.29, 0.717) is 10.8 Å². The zero-order valence-corrected chi connectivity index (χ0v) is 8.70. The summed E-state index contributed by atoms with van der Waals surface area (Å²) in [6.07, 6.45) is 2.20. The van der Waals surface area contributed by atoms with Crippen molar-refractivity contribution in [2.45, 2.75) is 44.9 Å². The van der Waals surface area contributed by atoms with Crippen LogP contribution in [0.2, 0.25) is 0 Å². The molecule has 0 amide bonds. The smallest absolute Gasteiger partial charge is 0.225 e. The normalized spacial score (nSPS) is 37.5. The molecule has 1 saturated carbocycles. The molecule has 76 valence electrons. The van der Waals surface area contributed by atoms with Crippen LogP contribution in [0.3, 0.4) is 0 Å². The Balaban J connectivity index is 2.32. The van der Waals surface area contributed by atoms with Crippen molar-refractivity contribution in [3.63, 3.8) is 0 Å². The molecule has 0 radical (unpaired) electrons. The Morgan fingerprint density at radius 2 is 2.21 bits per heavy atom. The second-order valence-corrected chi connectivity index (χ2v) is 5.31. The van der Waals surface area contributed by atoms with Gasteiger partial charge in [-0.15, -0.1) is 0 Å². The zero-order chi connectivity index (χ0) is 10.1. The molecule has 1 aromatic rings. The molecule has 0 aromatic carbocycles. The van der Waals surface area contributed by atoms with Gasteiger partial charge >= 0.3 is 0 Å². The van der Waals surface area contributed by atoms with Gasteiger partial charge in [0.2, 0.25) is 11.4 Å². The third-order valence-electron chi connectivity index (χ3n) is 4.72. The van der Waals surface area contributed by atoms with E-state index in [1.807, 2.05) is 0 Å². The second kappa shape index (κ2) is 1.97. The summed E-state index contributed by atoms with van der Waals surface area (Å²) in [5.74, 6) is 0.404. The third-order valence-corrected chi connectivity index (χ3v) is 4.72. The number of hydrogen-bond donors (Lipinski definition) is 0. The summed E-state index contributed by atoms with van der Waals surface area (Å²) in [6.45, 7) is 6.61. The first-order valence-electron chi connectivity index (χ1n) is 5.08. The van der Waals surface area contributed by atoms with E-state index in [2.05, 4.69) is 30.6 Å². The van der Waals surface area contributed by atoms with Gasteiger partial charge in [0.05, 0.1) is 0 Å². The minimum Gasteiger partial charge on any atom is -0.359 e. The van der Waals surface area contributed by atoms with E-state index < -0.39 is 0 Å². The molecule has 2 aliphatic rings. The van der Waals surface area contributed by atoms with Crippen LogP contribution in [0.15, 0.2) is 4.63 Å². The third kappa shape index (κ3) is 0.586. The Hall–Kier alpha value is -1.06. The highest BCUT2D eigenvalue weighted by Gasteiger charge is 2.66. The molecule has 14 heavy (non-hydrogen) atoms. The fourth-order valence-electron chi connectivity index (χ4n) is 3.37. The SMILES string of the molecule is CC1(C)[C@H]2CC[C@]1(C)c1c2no[n+]1[O-]. The molecule has 0 spiro atoms. The lowest BCUT2D eigenvalue weighted by molar-refractivity contribution is -0.810. The van der Waals surface area contributed by atoms with E-state index in [4.69, 9.17) is 0 Å². The summed E-state index contributed by atoms with van der Waals surface area (Å²) >= 11 is 0. The van der Waals surface area contributed by atoms with Crippen LogP contribution in [0.1, 0.15) is 50.9 Å². The summed E-state index contributed by atoms with van der Waals surface area (Å²) in [6, 6.07) is 0. The molecule has 2 aliphatic carbocycles. The predicted molar refractivity (Wildman–Crippen MR) is 48.6 cm³/mol. The Bertz CT molecular complexity index is 410. The molecule has 1 heterocycles. The fourth-order valence-corrected chi connectivity index (χ4v) is 3.37. The van der Waals surface area contributed by atoms with Gasteiger partial charge in [0.25, 0.3) is 0 Å². The van der Waals surface area contributed by atoms with Crippen LogP contribution in [0, 0.1) is 10.6 Å². The number of rotatable bonds is 0. The van der Waals surface area contributed by atoms with Crippen molar-refractivity contribution >= 4 is 0 Å². The van der Waals surface area contributed by atoms with Crippen molar-refractivity contribution in [3.8, 4) is 0 Å². The van der Waals surface area contributed by atoms with Crippen LogP contribution >= 0.6 is 0 Å². The summed E-state index contributed by atoms with van der Waals surface area (Å²) < 4.78 is 4.69. The van der Waals surface area contributed by atoms with Gasteiger partial charge < -0.3 is 5.21 Å². The molecule has 2 bridgehead atoms. The van der Waals surface area contributed by atoms with Crippen molar-refractivity contribution in [3.05, 3.63) is 16.6 Å². The lowest BCUT2D eigenvalue weighted by atomic mass is 9.70. The molecule has 3 rings (SSSR count). The van der Waals surface area contributed by atoms with E-state index in [1.54, 1.807) is 0 Å². The molecule has 0 N–H and O–H groups in total. The summed E-state index contributed by atoms with van der Waals surface area (Å²) in [4.78, 5) is 0.607. The number of nitrogens with zero attached hydrogens (tertiary/aromatic N) is 2. The molecular weight excluding hydrogens is 180 g/mol. The molecule has 0 aliphatic heterocycles. The highest BCUT2D eigenvalue weighted by Crippen LogP contribution is 2.66. The van der Waals surface area contributed by atoms with Crippen LogP contribution < -0.4 is 4.90 Å². The van der Waals surface area contributed by atoms with Crippen LogP contribution in [-0.4, -0.2) is 5.16 Å².